The predicted octanol–water partition coefficient (Wildman–Crippen LogP) is 10.3. The molecule has 0 amide bonds. The molecule has 0 heteroatoms. The van der Waals surface area contributed by atoms with Gasteiger partial charge in [0, 0.05) is 0 Å². The van der Waals surface area contributed by atoms with Gasteiger partial charge in [-0.05, 0) is 109 Å². The number of fused-ring (bicyclic) bond motifs is 7. The molecular weight excluding hydrogens is 504 g/mol. The molecule has 0 bridgehead atoms. The van der Waals surface area contributed by atoms with Gasteiger partial charge in [-0.3, -0.25) is 0 Å². The van der Waals surface area contributed by atoms with Gasteiger partial charge in [-0.2, -0.15) is 0 Å². The van der Waals surface area contributed by atoms with Crippen molar-refractivity contribution in [2.45, 2.75) is 0 Å². The van der Waals surface area contributed by atoms with Gasteiger partial charge in [0.25, 0.3) is 0 Å². The summed E-state index contributed by atoms with van der Waals surface area (Å²) < 4.78 is 0. The van der Waals surface area contributed by atoms with Crippen LogP contribution < -0.4 is 0 Å². The molecule has 1 aliphatic rings. The topological polar surface area (TPSA) is 0 Å². The van der Waals surface area contributed by atoms with Crippen LogP contribution in [0.25, 0.3) is 43.4 Å². The SMILES string of the molecule is c1ccc2/c(c1)=c1/cccc/c1=c1\cccc(-c3cccc4cc5cc6ccccc6cc5cc34)\c1=c1/cccc/c1=2. The molecule has 194 valence electrons. The highest BCUT2D eigenvalue weighted by molar-refractivity contribution is 6.08. The zero-order valence-electron chi connectivity index (χ0n) is 23.0. The highest BCUT2D eigenvalue weighted by Crippen LogP contribution is 2.34. The zero-order valence-corrected chi connectivity index (χ0v) is 23.0. The smallest absolute Gasteiger partial charge is 0.00201 e. The molecule has 0 nitrogen and oxygen atoms in total. The molecule has 1 aliphatic carbocycles. The van der Waals surface area contributed by atoms with Gasteiger partial charge < -0.3 is 0 Å². The van der Waals surface area contributed by atoms with Crippen LogP contribution >= 0.6 is 0 Å². The number of rotatable bonds is 1. The third-order valence-corrected chi connectivity index (χ3v) is 8.98. The summed E-state index contributed by atoms with van der Waals surface area (Å²) in [5.41, 5.74) is 2.53. The largest absolute Gasteiger partial charge is 0.0616 e. The summed E-state index contributed by atoms with van der Waals surface area (Å²) in [5, 5.41) is 17.8. The Morgan fingerprint density at radius 2 is 0.643 bits per heavy atom. The third kappa shape index (κ3) is 3.42. The van der Waals surface area contributed by atoms with E-state index in [-0.39, 0.29) is 0 Å². The van der Waals surface area contributed by atoms with Crippen LogP contribution in [0.15, 0.2) is 158 Å². The Kier molecular flexibility index (Phi) is 5.00. The van der Waals surface area contributed by atoms with Crippen molar-refractivity contribution in [1.82, 2.24) is 0 Å². The van der Waals surface area contributed by atoms with Gasteiger partial charge in [0.1, 0.15) is 0 Å². The Labute approximate surface area is 242 Å². The second-order valence-corrected chi connectivity index (χ2v) is 11.3. The van der Waals surface area contributed by atoms with Crippen molar-refractivity contribution >= 4 is 32.3 Å². The first kappa shape index (κ1) is 23.3. The van der Waals surface area contributed by atoms with Gasteiger partial charge in [0.2, 0.25) is 0 Å². The van der Waals surface area contributed by atoms with Crippen LogP contribution in [0.1, 0.15) is 0 Å². The van der Waals surface area contributed by atoms with E-state index in [1.165, 1.54) is 85.2 Å². The standard InChI is InChI=1S/C42H26/c1-2-12-28-24-31-26-41-29(25-30(31)23-27(28)11-1)13-9-20-37(41)40-22-10-21-39-36-17-6-5-16-34(36)32-14-3-4-15-33(32)35-18-7-8-19-38(35)42(39)40/h1-26H/b34-32-,35-33-,39-36-,42-38+. The van der Waals surface area contributed by atoms with Gasteiger partial charge in [-0.1, -0.05) is 133 Å². The lowest BCUT2D eigenvalue weighted by Crippen LogP contribution is -1.92. The molecule has 0 radical (unpaired) electrons. The van der Waals surface area contributed by atoms with Crippen molar-refractivity contribution in [3.8, 4) is 11.1 Å². The quantitative estimate of drug-likeness (QED) is 0.185. The second kappa shape index (κ2) is 9.03. The summed E-state index contributed by atoms with van der Waals surface area (Å²) >= 11 is 0. The summed E-state index contributed by atoms with van der Waals surface area (Å²) in [7, 11) is 0. The number of benzene rings is 8. The molecule has 0 atom stereocenters. The first-order valence-corrected chi connectivity index (χ1v) is 14.6. The minimum Gasteiger partial charge on any atom is -0.0616 e. The second-order valence-electron chi connectivity index (χ2n) is 11.3. The maximum absolute atomic E-state index is 2.39. The van der Waals surface area contributed by atoms with E-state index >= 15 is 0 Å². The summed E-state index contributed by atoms with van der Waals surface area (Å²) in [4.78, 5) is 0. The van der Waals surface area contributed by atoms with Crippen LogP contribution in [0.3, 0.4) is 0 Å². The van der Waals surface area contributed by atoms with E-state index in [0.717, 1.165) is 0 Å². The Morgan fingerprint density at radius 3 is 1.29 bits per heavy atom. The van der Waals surface area contributed by atoms with Crippen molar-refractivity contribution in [2.24, 2.45) is 0 Å². The van der Waals surface area contributed by atoms with E-state index in [4.69, 9.17) is 0 Å². The van der Waals surface area contributed by atoms with E-state index < -0.39 is 0 Å². The average molecular weight is 531 g/mol. The molecule has 0 fully saturated rings. The van der Waals surface area contributed by atoms with Gasteiger partial charge in [-0.25, -0.2) is 0 Å². The van der Waals surface area contributed by atoms with Crippen LogP contribution in [0.4, 0.5) is 0 Å². The maximum Gasteiger partial charge on any atom is -0.00201 e. The Bertz CT molecular complexity index is 2790. The summed E-state index contributed by atoms with van der Waals surface area (Å²) in [6, 6.07) is 58.3. The monoisotopic (exact) mass is 530 g/mol. The van der Waals surface area contributed by atoms with Crippen LogP contribution in [0.2, 0.25) is 0 Å². The molecule has 8 aromatic rings. The molecule has 0 N–H and O–H groups in total. The first-order valence-electron chi connectivity index (χ1n) is 14.6. The molecule has 0 heterocycles. The summed E-state index contributed by atoms with van der Waals surface area (Å²) in [6.45, 7) is 0. The Morgan fingerprint density at radius 1 is 0.238 bits per heavy atom. The van der Waals surface area contributed by atoms with E-state index in [9.17, 15) is 0 Å². The maximum atomic E-state index is 2.39. The van der Waals surface area contributed by atoms with Gasteiger partial charge in [-0.15, -0.1) is 0 Å². The minimum absolute atomic E-state index is 1.26. The lowest BCUT2D eigenvalue weighted by molar-refractivity contribution is 1.29. The van der Waals surface area contributed by atoms with Gasteiger partial charge in [0.05, 0.1) is 0 Å². The zero-order chi connectivity index (χ0) is 27.6. The number of hydrogen-bond acceptors (Lipinski definition) is 0. The van der Waals surface area contributed by atoms with E-state index in [1.54, 1.807) is 0 Å². The Balaban J connectivity index is 1.54. The van der Waals surface area contributed by atoms with Crippen molar-refractivity contribution < 1.29 is 0 Å². The van der Waals surface area contributed by atoms with E-state index in [1.807, 2.05) is 0 Å². The van der Waals surface area contributed by atoms with Crippen LogP contribution in [0, 0.1) is 41.7 Å². The van der Waals surface area contributed by atoms with Crippen molar-refractivity contribution in [3.05, 3.63) is 199 Å². The third-order valence-electron chi connectivity index (χ3n) is 8.98. The van der Waals surface area contributed by atoms with E-state index in [0.29, 0.717) is 0 Å². The summed E-state index contributed by atoms with van der Waals surface area (Å²) in [5.74, 6) is 0. The molecular formula is C42H26. The fourth-order valence-electron chi connectivity index (χ4n) is 7.09. The van der Waals surface area contributed by atoms with Gasteiger partial charge >= 0.3 is 0 Å². The van der Waals surface area contributed by atoms with Crippen LogP contribution in [-0.4, -0.2) is 0 Å². The van der Waals surface area contributed by atoms with Gasteiger partial charge in [0.15, 0.2) is 0 Å². The molecule has 0 spiro atoms. The average Bonchev–Trinajstić information content (AvgIpc) is 3.05. The molecule has 0 unspecified atom stereocenters. The number of hydrogen-bond donors (Lipinski definition) is 0. The highest BCUT2D eigenvalue weighted by atomic mass is 14.1. The minimum atomic E-state index is 1.26. The van der Waals surface area contributed by atoms with Crippen LogP contribution in [0.5, 0.6) is 0 Å². The fourth-order valence-corrected chi connectivity index (χ4v) is 7.09. The molecule has 0 saturated carbocycles. The molecule has 9 rings (SSSR count). The molecule has 42 heavy (non-hydrogen) atoms. The fraction of sp³-hybridized carbons (Fsp3) is 0. The predicted molar refractivity (Wildman–Crippen MR) is 174 cm³/mol. The van der Waals surface area contributed by atoms with Crippen molar-refractivity contribution in [1.29, 1.82) is 0 Å². The molecule has 8 aromatic carbocycles. The molecule has 0 saturated heterocycles. The Hall–Kier alpha value is -5.46. The van der Waals surface area contributed by atoms with Crippen LogP contribution in [-0.2, 0) is 0 Å². The van der Waals surface area contributed by atoms with Crippen molar-refractivity contribution in [3.63, 3.8) is 0 Å². The lowest BCUT2D eigenvalue weighted by atomic mass is 9.91. The highest BCUT2D eigenvalue weighted by Gasteiger charge is 2.10. The summed E-state index contributed by atoms with van der Waals surface area (Å²) in [6.07, 6.45) is 0. The molecule has 0 aliphatic heterocycles. The normalized spacial score (nSPS) is 15.2. The lowest BCUT2D eigenvalue weighted by Gasteiger charge is -2.12. The van der Waals surface area contributed by atoms with E-state index in [2.05, 4.69) is 158 Å². The molecule has 0 aromatic heterocycles. The first-order chi connectivity index (χ1) is 20.8. The van der Waals surface area contributed by atoms with Crippen molar-refractivity contribution in [2.75, 3.05) is 0 Å².